The first-order chi connectivity index (χ1) is 6.36. The third-order valence-corrected chi connectivity index (χ3v) is 2.38. The smallest absolute Gasteiger partial charge is 0.124 e. The zero-order valence-electron chi connectivity index (χ0n) is 7.40. The lowest BCUT2D eigenvalue weighted by Crippen LogP contribution is -2.08. The van der Waals surface area contributed by atoms with Crippen molar-refractivity contribution in [3.05, 3.63) is 35.4 Å². The minimum Gasteiger partial charge on any atom is -0.411 e. The Balaban J connectivity index is 2.46. The molecule has 13 heavy (non-hydrogen) atoms. The van der Waals surface area contributed by atoms with Gasteiger partial charge in [-0.05, 0) is 11.1 Å². The lowest BCUT2D eigenvalue weighted by molar-refractivity contribution is 0.155. The molecule has 0 saturated carbocycles. The fourth-order valence-corrected chi connectivity index (χ4v) is 1.77. The van der Waals surface area contributed by atoms with E-state index in [0.717, 1.165) is 5.56 Å². The first-order valence-corrected chi connectivity index (χ1v) is 4.18. The summed E-state index contributed by atoms with van der Waals surface area (Å²) in [5.74, 6) is 0. The molecule has 0 spiro atoms. The highest BCUT2D eigenvalue weighted by Gasteiger charge is 2.28. The molecule has 0 bridgehead atoms. The molecule has 0 amide bonds. The zero-order valence-corrected chi connectivity index (χ0v) is 7.40. The van der Waals surface area contributed by atoms with Gasteiger partial charge in [0.2, 0.25) is 0 Å². The molecule has 0 saturated heterocycles. The molecule has 68 valence electrons. The van der Waals surface area contributed by atoms with Crippen LogP contribution in [-0.2, 0) is 11.2 Å². The molecule has 1 aromatic rings. The van der Waals surface area contributed by atoms with E-state index in [-0.39, 0.29) is 6.10 Å². The first-order valence-electron chi connectivity index (χ1n) is 4.18. The quantitative estimate of drug-likeness (QED) is 0.524. The Bertz CT molecular complexity index is 347. The first kappa shape index (κ1) is 8.26. The van der Waals surface area contributed by atoms with E-state index in [9.17, 15) is 0 Å². The molecule has 1 aromatic carbocycles. The van der Waals surface area contributed by atoms with Crippen LogP contribution in [0.25, 0.3) is 0 Å². The van der Waals surface area contributed by atoms with E-state index < -0.39 is 0 Å². The van der Waals surface area contributed by atoms with Crippen molar-refractivity contribution >= 4 is 5.71 Å². The summed E-state index contributed by atoms with van der Waals surface area (Å²) < 4.78 is 5.25. The number of hydrogen-bond donors (Lipinski definition) is 1. The van der Waals surface area contributed by atoms with Crippen LogP contribution in [0.1, 0.15) is 17.2 Å². The van der Waals surface area contributed by atoms with Gasteiger partial charge in [0.15, 0.2) is 0 Å². The second-order valence-electron chi connectivity index (χ2n) is 3.08. The molecule has 1 aliphatic carbocycles. The maximum absolute atomic E-state index is 8.75. The van der Waals surface area contributed by atoms with Gasteiger partial charge < -0.3 is 9.94 Å². The number of nitrogens with zero attached hydrogens (tertiary/aromatic N) is 1. The molecule has 1 N–H and O–H groups in total. The summed E-state index contributed by atoms with van der Waals surface area (Å²) in [7, 11) is 1.62. The van der Waals surface area contributed by atoms with Crippen LogP contribution in [0.3, 0.4) is 0 Å². The Kier molecular flexibility index (Phi) is 2.02. The second-order valence-corrected chi connectivity index (χ2v) is 3.08. The molecule has 0 fully saturated rings. The number of oxime groups is 1. The van der Waals surface area contributed by atoms with Crippen molar-refractivity contribution < 1.29 is 9.94 Å². The van der Waals surface area contributed by atoms with Gasteiger partial charge in [0, 0.05) is 13.5 Å². The lowest BCUT2D eigenvalue weighted by atomic mass is 10.1. The van der Waals surface area contributed by atoms with Crippen LogP contribution in [0.4, 0.5) is 0 Å². The van der Waals surface area contributed by atoms with Crippen LogP contribution in [0, 0.1) is 0 Å². The maximum Gasteiger partial charge on any atom is 0.124 e. The van der Waals surface area contributed by atoms with Crippen molar-refractivity contribution in [2.75, 3.05) is 7.11 Å². The largest absolute Gasteiger partial charge is 0.411 e. The molecule has 3 heteroatoms. The van der Waals surface area contributed by atoms with E-state index in [1.165, 1.54) is 5.56 Å². The number of fused-ring (bicyclic) bond motifs is 1. The monoisotopic (exact) mass is 177 g/mol. The van der Waals surface area contributed by atoms with Gasteiger partial charge in [-0.15, -0.1) is 0 Å². The Morgan fingerprint density at radius 3 is 2.92 bits per heavy atom. The number of rotatable bonds is 1. The van der Waals surface area contributed by atoms with Crippen LogP contribution in [0.2, 0.25) is 0 Å². The highest BCUT2D eigenvalue weighted by atomic mass is 16.5. The average Bonchev–Trinajstić information content (AvgIpc) is 2.55. The number of benzene rings is 1. The Morgan fingerprint density at radius 2 is 2.23 bits per heavy atom. The van der Waals surface area contributed by atoms with Crippen LogP contribution in [-0.4, -0.2) is 18.0 Å². The fraction of sp³-hybridized carbons (Fsp3) is 0.300. The summed E-state index contributed by atoms with van der Waals surface area (Å²) in [6, 6.07) is 7.97. The van der Waals surface area contributed by atoms with Gasteiger partial charge in [-0.25, -0.2) is 0 Å². The Hall–Kier alpha value is -1.35. The standard InChI is InChI=1S/C10H11NO2/c1-13-10-8-5-3-2-4-7(8)6-9(10)11-12/h2-5,10,12H,6H2,1H3/b11-9+. The summed E-state index contributed by atoms with van der Waals surface area (Å²) in [5, 5.41) is 12.0. The molecule has 0 heterocycles. The summed E-state index contributed by atoms with van der Waals surface area (Å²) in [6.45, 7) is 0. The number of hydrogen-bond acceptors (Lipinski definition) is 3. The summed E-state index contributed by atoms with van der Waals surface area (Å²) in [4.78, 5) is 0. The lowest BCUT2D eigenvalue weighted by Gasteiger charge is -2.08. The van der Waals surface area contributed by atoms with Gasteiger partial charge in [-0.1, -0.05) is 29.4 Å². The third-order valence-electron chi connectivity index (χ3n) is 2.38. The van der Waals surface area contributed by atoms with E-state index in [0.29, 0.717) is 12.1 Å². The molecule has 1 atom stereocenters. The van der Waals surface area contributed by atoms with Crippen molar-refractivity contribution in [2.24, 2.45) is 5.16 Å². The topological polar surface area (TPSA) is 41.8 Å². The maximum atomic E-state index is 8.75. The minimum absolute atomic E-state index is 0.166. The normalized spacial score (nSPS) is 23.5. The van der Waals surface area contributed by atoms with Gasteiger partial charge in [-0.2, -0.15) is 0 Å². The van der Waals surface area contributed by atoms with E-state index in [4.69, 9.17) is 9.94 Å². The summed E-state index contributed by atoms with van der Waals surface area (Å²) >= 11 is 0. The van der Waals surface area contributed by atoms with Crippen LogP contribution in [0.5, 0.6) is 0 Å². The van der Waals surface area contributed by atoms with Gasteiger partial charge in [0.05, 0.1) is 5.71 Å². The molecular weight excluding hydrogens is 166 g/mol. The fourth-order valence-electron chi connectivity index (χ4n) is 1.77. The molecule has 1 aliphatic rings. The predicted octanol–water partition coefficient (Wildman–Crippen LogP) is 1.76. The Morgan fingerprint density at radius 1 is 1.46 bits per heavy atom. The predicted molar refractivity (Wildman–Crippen MR) is 49.1 cm³/mol. The van der Waals surface area contributed by atoms with Crippen molar-refractivity contribution in [2.45, 2.75) is 12.5 Å². The van der Waals surface area contributed by atoms with Crippen molar-refractivity contribution in [1.29, 1.82) is 0 Å². The summed E-state index contributed by atoms with van der Waals surface area (Å²) in [5.41, 5.74) is 2.98. The number of methoxy groups -OCH3 is 1. The number of ether oxygens (including phenoxy) is 1. The van der Waals surface area contributed by atoms with Crippen LogP contribution in [0.15, 0.2) is 29.4 Å². The van der Waals surface area contributed by atoms with Crippen LogP contribution < -0.4 is 0 Å². The molecular formula is C10H11NO2. The van der Waals surface area contributed by atoms with Crippen molar-refractivity contribution in [1.82, 2.24) is 0 Å². The average molecular weight is 177 g/mol. The van der Waals surface area contributed by atoms with E-state index in [1.54, 1.807) is 7.11 Å². The molecule has 1 unspecified atom stereocenters. The van der Waals surface area contributed by atoms with Crippen molar-refractivity contribution in [3.63, 3.8) is 0 Å². The van der Waals surface area contributed by atoms with Gasteiger partial charge in [-0.3, -0.25) is 0 Å². The van der Waals surface area contributed by atoms with Gasteiger partial charge in [0.25, 0.3) is 0 Å². The Labute approximate surface area is 76.6 Å². The molecule has 3 nitrogen and oxygen atoms in total. The molecule has 0 radical (unpaired) electrons. The van der Waals surface area contributed by atoms with E-state index in [1.807, 2.05) is 24.3 Å². The van der Waals surface area contributed by atoms with Crippen LogP contribution >= 0.6 is 0 Å². The molecule has 0 aromatic heterocycles. The minimum atomic E-state index is -0.166. The van der Waals surface area contributed by atoms with Crippen molar-refractivity contribution in [3.8, 4) is 0 Å². The molecule has 0 aliphatic heterocycles. The zero-order chi connectivity index (χ0) is 9.26. The SMILES string of the molecule is COC1/C(=N/O)Cc2ccccc21. The van der Waals surface area contributed by atoms with Gasteiger partial charge in [0.1, 0.15) is 6.10 Å². The highest BCUT2D eigenvalue weighted by molar-refractivity contribution is 5.95. The second kappa shape index (κ2) is 3.18. The molecule has 2 rings (SSSR count). The van der Waals surface area contributed by atoms with E-state index >= 15 is 0 Å². The third kappa shape index (κ3) is 1.21. The van der Waals surface area contributed by atoms with Gasteiger partial charge >= 0.3 is 0 Å². The van der Waals surface area contributed by atoms with E-state index in [2.05, 4.69) is 5.16 Å². The summed E-state index contributed by atoms with van der Waals surface area (Å²) in [6.07, 6.45) is 0.520. The highest BCUT2D eigenvalue weighted by Crippen LogP contribution is 2.31.